The van der Waals surface area contributed by atoms with Crippen molar-refractivity contribution < 1.29 is 13.2 Å². The van der Waals surface area contributed by atoms with E-state index in [1.807, 2.05) is 34.9 Å². The molecular weight excluding hydrogens is 460 g/mol. The highest BCUT2D eigenvalue weighted by Crippen LogP contribution is 2.26. The minimum atomic E-state index is -3.56. The van der Waals surface area contributed by atoms with Crippen molar-refractivity contribution in [3.63, 3.8) is 0 Å². The number of aromatic nitrogens is 1. The van der Waals surface area contributed by atoms with Crippen molar-refractivity contribution in [1.82, 2.24) is 19.1 Å². The first-order chi connectivity index (χ1) is 16.9. The molecule has 2 aromatic carbocycles. The van der Waals surface area contributed by atoms with Gasteiger partial charge in [0.2, 0.25) is 10.0 Å². The second-order valence-electron chi connectivity index (χ2n) is 9.47. The Morgan fingerprint density at radius 1 is 0.971 bits per heavy atom. The smallest absolute Gasteiger partial charge is 0.267 e. The summed E-state index contributed by atoms with van der Waals surface area (Å²) in [6.07, 6.45) is 6.07. The van der Waals surface area contributed by atoms with Crippen molar-refractivity contribution in [1.29, 1.82) is 0 Å². The van der Waals surface area contributed by atoms with Gasteiger partial charge < -0.3 is 14.8 Å². The van der Waals surface area contributed by atoms with Gasteiger partial charge in [0.25, 0.3) is 5.91 Å². The summed E-state index contributed by atoms with van der Waals surface area (Å²) >= 11 is 0. The number of nitrogens with one attached hydrogen (secondary N) is 1. The van der Waals surface area contributed by atoms with E-state index in [1.165, 1.54) is 44.1 Å². The lowest BCUT2D eigenvalue weighted by atomic mass is 10.2. The second-order valence-corrected chi connectivity index (χ2v) is 11.6. The number of fused-ring (bicyclic) bond motifs is 1. The number of carbonyl (C=O) groups is 1. The first-order valence-electron chi connectivity index (χ1n) is 12.5. The molecule has 0 radical (unpaired) electrons. The van der Waals surface area contributed by atoms with Gasteiger partial charge in [-0.15, -0.1) is 0 Å². The Bertz CT molecular complexity index is 1240. The van der Waals surface area contributed by atoms with Gasteiger partial charge in [0, 0.05) is 38.1 Å². The molecule has 1 aliphatic rings. The molecule has 0 unspecified atom stereocenters. The van der Waals surface area contributed by atoms with Gasteiger partial charge in [-0.2, -0.15) is 0 Å². The third-order valence-corrected chi connectivity index (χ3v) is 8.51. The van der Waals surface area contributed by atoms with Gasteiger partial charge in [-0.25, -0.2) is 12.7 Å². The zero-order valence-electron chi connectivity index (χ0n) is 20.7. The van der Waals surface area contributed by atoms with Gasteiger partial charge in [-0.3, -0.25) is 4.79 Å². The number of hydrogen-bond donors (Lipinski definition) is 1. The molecule has 0 atom stereocenters. The van der Waals surface area contributed by atoms with E-state index in [4.69, 9.17) is 0 Å². The Morgan fingerprint density at radius 3 is 2.37 bits per heavy atom. The molecule has 1 aliphatic heterocycles. The number of rotatable bonds is 9. The van der Waals surface area contributed by atoms with Crippen molar-refractivity contribution in [2.75, 3.05) is 40.3 Å². The lowest BCUT2D eigenvalue weighted by Crippen LogP contribution is -2.31. The number of sulfonamides is 1. The quantitative estimate of drug-likeness (QED) is 0.456. The Kier molecular flexibility index (Phi) is 8.26. The molecule has 0 saturated carbocycles. The third-order valence-electron chi connectivity index (χ3n) is 6.70. The van der Waals surface area contributed by atoms with Crippen LogP contribution in [-0.2, 0) is 16.6 Å². The number of amides is 1. The minimum Gasteiger partial charge on any atom is -0.351 e. The van der Waals surface area contributed by atoms with Gasteiger partial charge in [0.05, 0.1) is 4.90 Å². The number of hydrogen-bond acceptors (Lipinski definition) is 4. The minimum absolute atomic E-state index is 0.134. The zero-order chi connectivity index (χ0) is 24.8. The Balaban J connectivity index is 1.55. The Labute approximate surface area is 208 Å². The van der Waals surface area contributed by atoms with E-state index < -0.39 is 10.0 Å². The molecule has 1 fully saturated rings. The second kappa shape index (κ2) is 11.4. The van der Waals surface area contributed by atoms with Crippen LogP contribution in [0.15, 0.2) is 59.5 Å². The van der Waals surface area contributed by atoms with Gasteiger partial charge >= 0.3 is 0 Å². The SMILES string of the molecule is CN(C)S(=O)(=O)c1ccc2c(c1)cc(C(=O)NCCCN1CCCCCC1)n2Cc1ccccc1. The van der Waals surface area contributed by atoms with Gasteiger partial charge in [-0.05, 0) is 68.7 Å². The average Bonchev–Trinajstić information content (AvgIpc) is 3.01. The van der Waals surface area contributed by atoms with Crippen LogP contribution in [0.5, 0.6) is 0 Å². The maximum Gasteiger partial charge on any atom is 0.267 e. The van der Waals surface area contributed by atoms with Crippen LogP contribution in [0.25, 0.3) is 10.9 Å². The summed E-state index contributed by atoms with van der Waals surface area (Å²) < 4.78 is 28.5. The highest BCUT2D eigenvalue weighted by molar-refractivity contribution is 7.89. The number of carbonyl (C=O) groups excluding carboxylic acids is 1. The highest BCUT2D eigenvalue weighted by Gasteiger charge is 2.21. The molecule has 2 heterocycles. The Morgan fingerprint density at radius 2 is 1.69 bits per heavy atom. The molecule has 0 aliphatic carbocycles. The molecular formula is C27H36N4O3S. The van der Waals surface area contributed by atoms with E-state index in [2.05, 4.69) is 10.2 Å². The summed E-state index contributed by atoms with van der Waals surface area (Å²) in [5.41, 5.74) is 2.45. The predicted octanol–water partition coefficient (Wildman–Crippen LogP) is 3.94. The summed E-state index contributed by atoms with van der Waals surface area (Å²) in [7, 11) is -0.526. The summed E-state index contributed by atoms with van der Waals surface area (Å²) in [4.78, 5) is 16.0. The van der Waals surface area contributed by atoms with Crippen molar-refractivity contribution in [2.24, 2.45) is 0 Å². The fraction of sp³-hybridized carbons (Fsp3) is 0.444. The van der Waals surface area contributed by atoms with Crippen LogP contribution >= 0.6 is 0 Å². The van der Waals surface area contributed by atoms with Crippen molar-refractivity contribution in [3.05, 3.63) is 65.9 Å². The normalized spacial score (nSPS) is 15.4. The number of benzene rings is 2. The molecule has 1 saturated heterocycles. The highest BCUT2D eigenvalue weighted by atomic mass is 32.2. The largest absolute Gasteiger partial charge is 0.351 e. The molecule has 1 amide bonds. The maximum absolute atomic E-state index is 13.2. The van der Waals surface area contributed by atoms with Crippen LogP contribution < -0.4 is 5.32 Å². The van der Waals surface area contributed by atoms with E-state index in [9.17, 15) is 13.2 Å². The average molecular weight is 497 g/mol. The standard InChI is InChI=1S/C27H36N4O3S/c1-29(2)35(33,34)24-13-14-25-23(19-24)20-26(31(25)21-22-11-6-5-7-12-22)27(32)28-15-10-18-30-16-8-3-4-9-17-30/h5-7,11-14,19-20H,3-4,8-10,15-18,21H2,1-2H3,(H,28,32). The first kappa shape index (κ1) is 25.4. The van der Waals surface area contributed by atoms with Crippen molar-refractivity contribution >= 4 is 26.8 Å². The summed E-state index contributed by atoms with van der Waals surface area (Å²) in [6, 6.07) is 16.8. The van der Waals surface area contributed by atoms with E-state index >= 15 is 0 Å². The van der Waals surface area contributed by atoms with Crippen LogP contribution in [0.1, 0.15) is 48.2 Å². The summed E-state index contributed by atoms with van der Waals surface area (Å²) in [6.45, 7) is 4.44. The molecule has 7 nitrogen and oxygen atoms in total. The fourth-order valence-electron chi connectivity index (χ4n) is 4.70. The van der Waals surface area contributed by atoms with Crippen LogP contribution in [0.4, 0.5) is 0 Å². The molecule has 8 heteroatoms. The molecule has 4 rings (SSSR count). The van der Waals surface area contributed by atoms with Crippen LogP contribution in [-0.4, -0.2) is 68.4 Å². The van der Waals surface area contributed by atoms with Gasteiger partial charge in [0.15, 0.2) is 0 Å². The van der Waals surface area contributed by atoms with Crippen molar-refractivity contribution in [3.8, 4) is 0 Å². The van der Waals surface area contributed by atoms with E-state index in [0.29, 0.717) is 18.8 Å². The first-order valence-corrected chi connectivity index (χ1v) is 13.9. The van der Waals surface area contributed by atoms with Crippen molar-refractivity contribution in [2.45, 2.75) is 43.5 Å². The van der Waals surface area contributed by atoms with Crippen LogP contribution in [0, 0.1) is 0 Å². The molecule has 0 bridgehead atoms. The topological polar surface area (TPSA) is 74.7 Å². The summed E-state index contributed by atoms with van der Waals surface area (Å²) in [5.74, 6) is -0.134. The summed E-state index contributed by atoms with van der Waals surface area (Å²) in [5, 5.41) is 3.83. The number of likely N-dealkylation sites (tertiary alicyclic amines) is 1. The third kappa shape index (κ3) is 6.12. The zero-order valence-corrected chi connectivity index (χ0v) is 21.6. The van der Waals surface area contributed by atoms with E-state index in [-0.39, 0.29) is 10.8 Å². The molecule has 1 aromatic heterocycles. The lowest BCUT2D eigenvalue weighted by molar-refractivity contribution is 0.0943. The monoisotopic (exact) mass is 496 g/mol. The Hall–Kier alpha value is -2.68. The molecule has 0 spiro atoms. The lowest BCUT2D eigenvalue weighted by Gasteiger charge is -2.19. The van der Waals surface area contributed by atoms with Gasteiger partial charge in [0.1, 0.15) is 5.69 Å². The molecule has 3 aromatic rings. The molecule has 35 heavy (non-hydrogen) atoms. The fourth-order valence-corrected chi connectivity index (χ4v) is 5.64. The van der Waals surface area contributed by atoms with Crippen LogP contribution in [0.2, 0.25) is 0 Å². The van der Waals surface area contributed by atoms with E-state index in [0.717, 1.165) is 42.5 Å². The predicted molar refractivity (Wildman–Crippen MR) is 140 cm³/mol. The number of nitrogens with zero attached hydrogens (tertiary/aromatic N) is 3. The van der Waals surface area contributed by atoms with E-state index in [1.54, 1.807) is 24.3 Å². The van der Waals surface area contributed by atoms with Crippen LogP contribution in [0.3, 0.4) is 0 Å². The maximum atomic E-state index is 13.2. The molecule has 1 N–H and O–H groups in total. The molecule has 188 valence electrons. The van der Waals surface area contributed by atoms with Gasteiger partial charge in [-0.1, -0.05) is 43.2 Å².